The molecule has 0 bridgehead atoms. The molecule has 0 aliphatic carbocycles. The van der Waals surface area contributed by atoms with Gasteiger partial charge in [0.1, 0.15) is 0 Å². The number of carbonyl (C=O) groups is 1. The third-order valence-electron chi connectivity index (χ3n) is 4.29. The predicted octanol–water partition coefficient (Wildman–Crippen LogP) is 1.04. The van der Waals surface area contributed by atoms with E-state index in [0.717, 1.165) is 31.5 Å². The molecule has 5 unspecified atom stereocenters. The van der Waals surface area contributed by atoms with Crippen LogP contribution in [0.1, 0.15) is 33.6 Å². The van der Waals surface area contributed by atoms with Gasteiger partial charge in [-0.1, -0.05) is 13.8 Å². The highest BCUT2D eigenvalue weighted by Gasteiger charge is 2.29. The summed E-state index contributed by atoms with van der Waals surface area (Å²) >= 11 is 0. The number of β-amino-alcohol motifs (C(OH)–C–C–N with tert-alkyl or cyclic N) is 1. The Morgan fingerprint density at radius 1 is 1.27 bits per heavy atom. The summed E-state index contributed by atoms with van der Waals surface area (Å²) in [6.07, 6.45) is 1.45. The molecule has 0 aromatic heterocycles. The van der Waals surface area contributed by atoms with E-state index < -0.39 is 0 Å². The van der Waals surface area contributed by atoms with Gasteiger partial charge in [0.05, 0.1) is 12.1 Å². The number of aliphatic hydroxyl groups is 1. The minimum atomic E-state index is -0.384. The van der Waals surface area contributed by atoms with Crippen LogP contribution in [0.15, 0.2) is 0 Å². The molecule has 0 saturated carbocycles. The number of likely N-dealkylation sites (tertiary alicyclic amines) is 1. The summed E-state index contributed by atoms with van der Waals surface area (Å²) in [4.78, 5) is 14.5. The van der Waals surface area contributed by atoms with Gasteiger partial charge in [-0.15, -0.1) is 24.8 Å². The smallest absolute Gasteiger partial charge is 0.237 e. The van der Waals surface area contributed by atoms with Crippen molar-refractivity contribution in [3.63, 3.8) is 0 Å². The minimum absolute atomic E-state index is 0. The predicted molar refractivity (Wildman–Crippen MR) is 93.9 cm³/mol. The molecule has 132 valence electrons. The SMILES string of the molecule is CC1CC(C)CN(CC(C)NC(=O)C2CC(O)CN2)C1.Cl.Cl. The summed E-state index contributed by atoms with van der Waals surface area (Å²) in [6, 6.07) is -0.0776. The molecular formula is C15H31Cl2N3O2. The van der Waals surface area contributed by atoms with E-state index >= 15 is 0 Å². The Bertz CT molecular complexity index is 337. The van der Waals surface area contributed by atoms with E-state index in [9.17, 15) is 9.90 Å². The van der Waals surface area contributed by atoms with Crippen molar-refractivity contribution in [2.24, 2.45) is 11.8 Å². The second kappa shape index (κ2) is 9.93. The van der Waals surface area contributed by atoms with Gasteiger partial charge in [0.15, 0.2) is 0 Å². The van der Waals surface area contributed by atoms with E-state index in [2.05, 4.69) is 36.3 Å². The number of piperidine rings is 1. The van der Waals surface area contributed by atoms with Crippen LogP contribution in [0.5, 0.6) is 0 Å². The number of hydrogen-bond acceptors (Lipinski definition) is 4. The fourth-order valence-corrected chi connectivity index (χ4v) is 3.63. The normalized spacial score (nSPS) is 33.5. The molecule has 2 aliphatic heterocycles. The number of nitrogens with one attached hydrogen (secondary N) is 2. The van der Waals surface area contributed by atoms with Gasteiger partial charge in [-0.05, 0) is 31.6 Å². The first kappa shape index (κ1) is 21.9. The Morgan fingerprint density at radius 2 is 1.86 bits per heavy atom. The highest BCUT2D eigenvalue weighted by Crippen LogP contribution is 2.20. The molecule has 22 heavy (non-hydrogen) atoms. The maximum atomic E-state index is 12.1. The second-order valence-electron chi connectivity index (χ2n) is 6.92. The maximum Gasteiger partial charge on any atom is 0.237 e. The van der Waals surface area contributed by atoms with E-state index in [4.69, 9.17) is 0 Å². The van der Waals surface area contributed by atoms with Gasteiger partial charge in [0.2, 0.25) is 5.91 Å². The topological polar surface area (TPSA) is 64.6 Å². The van der Waals surface area contributed by atoms with Gasteiger partial charge < -0.3 is 20.6 Å². The fourth-order valence-electron chi connectivity index (χ4n) is 3.63. The van der Waals surface area contributed by atoms with Gasteiger partial charge in [0.25, 0.3) is 0 Å². The average molecular weight is 356 g/mol. The zero-order valence-electron chi connectivity index (χ0n) is 13.7. The van der Waals surface area contributed by atoms with E-state index in [1.54, 1.807) is 0 Å². The molecule has 2 saturated heterocycles. The zero-order valence-corrected chi connectivity index (χ0v) is 15.4. The van der Waals surface area contributed by atoms with Crippen LogP contribution in [0, 0.1) is 11.8 Å². The van der Waals surface area contributed by atoms with Crippen LogP contribution in [-0.2, 0) is 4.79 Å². The van der Waals surface area contributed by atoms with Gasteiger partial charge >= 0.3 is 0 Å². The molecule has 5 atom stereocenters. The molecule has 2 rings (SSSR count). The third kappa shape index (κ3) is 6.59. The molecule has 0 spiro atoms. The zero-order chi connectivity index (χ0) is 14.7. The molecule has 2 aliphatic rings. The molecule has 2 fully saturated rings. The van der Waals surface area contributed by atoms with Crippen LogP contribution in [0.2, 0.25) is 0 Å². The lowest BCUT2D eigenvalue weighted by Crippen LogP contribution is -2.50. The van der Waals surface area contributed by atoms with Crippen LogP contribution in [0.3, 0.4) is 0 Å². The highest BCUT2D eigenvalue weighted by atomic mass is 35.5. The second-order valence-corrected chi connectivity index (χ2v) is 6.92. The van der Waals surface area contributed by atoms with Crippen LogP contribution < -0.4 is 10.6 Å². The molecule has 1 amide bonds. The monoisotopic (exact) mass is 355 g/mol. The number of amides is 1. The van der Waals surface area contributed by atoms with Crippen molar-refractivity contribution in [3.8, 4) is 0 Å². The van der Waals surface area contributed by atoms with Gasteiger partial charge in [-0.2, -0.15) is 0 Å². The summed E-state index contributed by atoms with van der Waals surface area (Å²) in [6.45, 7) is 10.4. The first-order valence-corrected chi connectivity index (χ1v) is 7.88. The third-order valence-corrected chi connectivity index (χ3v) is 4.29. The van der Waals surface area contributed by atoms with Crippen molar-refractivity contribution in [2.75, 3.05) is 26.2 Å². The summed E-state index contributed by atoms with van der Waals surface area (Å²) in [5.41, 5.74) is 0. The van der Waals surface area contributed by atoms with E-state index in [0.29, 0.717) is 13.0 Å². The van der Waals surface area contributed by atoms with E-state index in [1.807, 2.05) is 0 Å². The number of hydrogen-bond donors (Lipinski definition) is 3. The Kier molecular flexibility index (Phi) is 9.90. The van der Waals surface area contributed by atoms with Crippen molar-refractivity contribution in [1.29, 1.82) is 0 Å². The quantitative estimate of drug-likeness (QED) is 0.704. The number of carbonyl (C=O) groups excluding carboxylic acids is 1. The number of aliphatic hydroxyl groups excluding tert-OH is 1. The van der Waals surface area contributed by atoms with Crippen molar-refractivity contribution in [2.45, 2.75) is 51.8 Å². The molecule has 7 heteroatoms. The van der Waals surface area contributed by atoms with Crippen LogP contribution >= 0.6 is 24.8 Å². The van der Waals surface area contributed by atoms with Crippen molar-refractivity contribution in [1.82, 2.24) is 15.5 Å². The number of rotatable bonds is 4. The minimum Gasteiger partial charge on any atom is -0.392 e. The first-order valence-electron chi connectivity index (χ1n) is 7.88. The standard InChI is InChI=1S/C15H29N3O2.2ClH/c1-10-4-11(2)8-18(7-10)9-12(3)17-15(20)14-5-13(19)6-16-14;;/h10-14,16,19H,4-9H2,1-3H3,(H,17,20);2*1H. The Labute approximate surface area is 146 Å². The summed E-state index contributed by atoms with van der Waals surface area (Å²) in [5, 5.41) is 15.6. The van der Waals surface area contributed by atoms with Crippen molar-refractivity contribution < 1.29 is 9.90 Å². The largest absolute Gasteiger partial charge is 0.392 e. The number of nitrogens with zero attached hydrogens (tertiary/aromatic N) is 1. The Hall–Kier alpha value is -0.0700. The molecule has 0 aromatic carbocycles. The van der Waals surface area contributed by atoms with E-state index in [-0.39, 0.29) is 48.9 Å². The van der Waals surface area contributed by atoms with Crippen LogP contribution in [0.25, 0.3) is 0 Å². The van der Waals surface area contributed by atoms with E-state index in [1.165, 1.54) is 6.42 Å². The molecule has 5 nitrogen and oxygen atoms in total. The van der Waals surface area contributed by atoms with Gasteiger partial charge in [0, 0.05) is 32.2 Å². The molecular weight excluding hydrogens is 325 g/mol. The summed E-state index contributed by atoms with van der Waals surface area (Å²) < 4.78 is 0. The molecule has 3 N–H and O–H groups in total. The Balaban J connectivity index is 0.00000220. The fraction of sp³-hybridized carbons (Fsp3) is 0.933. The summed E-state index contributed by atoms with van der Waals surface area (Å²) in [7, 11) is 0. The van der Waals surface area contributed by atoms with Gasteiger partial charge in [-0.25, -0.2) is 0 Å². The van der Waals surface area contributed by atoms with Crippen molar-refractivity contribution >= 4 is 30.7 Å². The summed E-state index contributed by atoms with van der Waals surface area (Å²) in [5.74, 6) is 1.51. The molecule has 0 radical (unpaired) electrons. The highest BCUT2D eigenvalue weighted by molar-refractivity contribution is 5.85. The van der Waals surface area contributed by atoms with Crippen LogP contribution in [0.4, 0.5) is 0 Å². The lowest BCUT2D eigenvalue weighted by molar-refractivity contribution is -0.123. The lowest BCUT2D eigenvalue weighted by Gasteiger charge is -2.36. The average Bonchev–Trinajstić information content (AvgIpc) is 2.74. The number of halogens is 2. The first-order chi connectivity index (χ1) is 9.44. The van der Waals surface area contributed by atoms with Crippen LogP contribution in [-0.4, -0.2) is 60.3 Å². The van der Waals surface area contributed by atoms with Gasteiger partial charge in [-0.3, -0.25) is 4.79 Å². The molecule has 2 heterocycles. The van der Waals surface area contributed by atoms with Crippen molar-refractivity contribution in [3.05, 3.63) is 0 Å². The lowest BCUT2D eigenvalue weighted by atomic mass is 9.92. The Morgan fingerprint density at radius 3 is 2.36 bits per heavy atom. The maximum absolute atomic E-state index is 12.1. The molecule has 0 aromatic rings.